The van der Waals surface area contributed by atoms with Gasteiger partial charge in [0.1, 0.15) is 0 Å². The lowest BCUT2D eigenvalue weighted by atomic mass is 10.1. The smallest absolute Gasteiger partial charge is 0.258 e. The van der Waals surface area contributed by atoms with Crippen LogP contribution < -0.4 is 16.2 Å². The number of rotatable bonds is 10. The number of aromatic amines is 1. The largest absolute Gasteiger partial charge is 0.358 e. The number of nitrogens with one attached hydrogen (secondary N) is 4. The van der Waals surface area contributed by atoms with Gasteiger partial charge in [0.05, 0.1) is 6.07 Å². The van der Waals surface area contributed by atoms with Crippen LogP contribution in [-0.2, 0) is 17.8 Å². The Morgan fingerprint density at radius 3 is 2.73 bits per heavy atom. The Morgan fingerprint density at radius 1 is 1.13 bits per heavy atom. The highest BCUT2D eigenvalue weighted by molar-refractivity contribution is 5.91. The Bertz CT molecular complexity index is 1040. The van der Waals surface area contributed by atoms with Crippen molar-refractivity contribution in [1.82, 2.24) is 21.2 Å². The predicted molar refractivity (Wildman–Crippen MR) is 120 cm³/mol. The maximum absolute atomic E-state index is 11.7. The Morgan fingerprint density at radius 2 is 1.93 bits per heavy atom. The molecule has 0 fully saturated rings. The van der Waals surface area contributed by atoms with E-state index in [-0.39, 0.29) is 5.91 Å². The van der Waals surface area contributed by atoms with E-state index in [1.165, 1.54) is 33.8 Å². The van der Waals surface area contributed by atoms with Crippen LogP contribution in [0.4, 0.5) is 0 Å². The normalized spacial score (nSPS) is 11.1. The van der Waals surface area contributed by atoms with Gasteiger partial charge in [-0.25, -0.2) is 5.43 Å². The third-order valence-electron chi connectivity index (χ3n) is 4.89. The molecule has 4 N–H and O–H groups in total. The Hall–Kier alpha value is -3.40. The maximum atomic E-state index is 11.7. The summed E-state index contributed by atoms with van der Waals surface area (Å²) in [6, 6.07) is 18.5. The highest BCUT2D eigenvalue weighted by atomic mass is 16.2. The summed E-state index contributed by atoms with van der Waals surface area (Å²) >= 11 is 0. The van der Waals surface area contributed by atoms with Crippen LogP contribution in [0.5, 0.6) is 0 Å². The van der Waals surface area contributed by atoms with E-state index >= 15 is 0 Å². The summed E-state index contributed by atoms with van der Waals surface area (Å²) in [4.78, 5) is 15.1. The van der Waals surface area contributed by atoms with E-state index in [4.69, 9.17) is 5.26 Å². The zero-order valence-corrected chi connectivity index (χ0v) is 17.2. The molecule has 1 amide bonds. The molecular weight excluding hydrogens is 374 g/mol. The molecule has 0 aliphatic rings. The summed E-state index contributed by atoms with van der Waals surface area (Å²) in [5.41, 5.74) is 11.2. The van der Waals surface area contributed by atoms with Gasteiger partial charge in [0.15, 0.2) is 0 Å². The molecule has 0 unspecified atom stereocenters. The van der Waals surface area contributed by atoms with Crippen LogP contribution in [0, 0.1) is 18.3 Å². The molecular formula is C24H27N5O. The lowest BCUT2D eigenvalue weighted by molar-refractivity contribution is -0.117. The molecule has 0 bridgehead atoms. The molecule has 2 aromatic carbocycles. The van der Waals surface area contributed by atoms with Gasteiger partial charge in [0, 0.05) is 42.2 Å². The van der Waals surface area contributed by atoms with Crippen molar-refractivity contribution in [3.05, 3.63) is 77.0 Å². The highest BCUT2D eigenvalue weighted by Gasteiger charge is 2.07. The van der Waals surface area contributed by atoms with E-state index < -0.39 is 0 Å². The van der Waals surface area contributed by atoms with Crippen LogP contribution in [0.2, 0.25) is 0 Å². The fourth-order valence-electron chi connectivity index (χ4n) is 3.33. The first kappa shape index (κ1) is 21.3. The number of hydrogen-bond donors (Lipinski definition) is 4. The summed E-state index contributed by atoms with van der Waals surface area (Å²) in [5, 5.41) is 13.3. The minimum Gasteiger partial charge on any atom is -0.358 e. The molecule has 0 atom stereocenters. The molecule has 154 valence electrons. The van der Waals surface area contributed by atoms with Crippen molar-refractivity contribution in [2.45, 2.75) is 26.3 Å². The number of amides is 1. The van der Waals surface area contributed by atoms with Crippen LogP contribution in [0.3, 0.4) is 0 Å². The number of aromatic nitrogens is 1. The third-order valence-corrected chi connectivity index (χ3v) is 4.89. The molecule has 6 heteroatoms. The number of para-hydroxylation sites is 1. The molecule has 0 saturated heterocycles. The van der Waals surface area contributed by atoms with Crippen molar-refractivity contribution in [2.24, 2.45) is 0 Å². The number of carbonyl (C=O) groups is 1. The zero-order chi connectivity index (χ0) is 21.2. The van der Waals surface area contributed by atoms with Gasteiger partial charge in [-0.1, -0.05) is 42.5 Å². The van der Waals surface area contributed by atoms with E-state index in [1.54, 1.807) is 6.08 Å². The molecule has 3 aromatic rings. The van der Waals surface area contributed by atoms with E-state index in [1.807, 2.05) is 18.2 Å². The maximum Gasteiger partial charge on any atom is 0.258 e. The third kappa shape index (κ3) is 6.05. The summed E-state index contributed by atoms with van der Waals surface area (Å²) < 4.78 is 0. The summed E-state index contributed by atoms with van der Waals surface area (Å²) in [5.74, 6) is -0.244. The molecule has 0 spiro atoms. The number of fused-ring (bicyclic) bond motifs is 1. The average Bonchev–Trinajstić information content (AvgIpc) is 3.08. The molecule has 1 aromatic heterocycles. The minimum absolute atomic E-state index is 0.244. The fourth-order valence-corrected chi connectivity index (χ4v) is 3.33. The Balaban J connectivity index is 1.42. The van der Waals surface area contributed by atoms with Crippen molar-refractivity contribution in [1.29, 1.82) is 5.26 Å². The van der Waals surface area contributed by atoms with Crippen molar-refractivity contribution < 1.29 is 4.79 Å². The number of carbonyl (C=O) groups excluding carboxylic acids is 1. The van der Waals surface area contributed by atoms with Gasteiger partial charge < -0.3 is 10.3 Å². The van der Waals surface area contributed by atoms with Crippen LogP contribution in [0.1, 0.15) is 28.8 Å². The lowest BCUT2D eigenvalue weighted by Gasteiger charge is -2.06. The first-order valence-corrected chi connectivity index (χ1v) is 10.1. The van der Waals surface area contributed by atoms with Gasteiger partial charge in [-0.05, 0) is 48.7 Å². The minimum atomic E-state index is -0.244. The van der Waals surface area contributed by atoms with E-state index in [0.717, 1.165) is 25.1 Å². The number of nitriles is 1. The zero-order valence-electron chi connectivity index (χ0n) is 17.2. The molecule has 0 saturated carbocycles. The predicted octanol–water partition coefficient (Wildman–Crippen LogP) is 3.36. The van der Waals surface area contributed by atoms with Crippen LogP contribution in [0.25, 0.3) is 17.0 Å². The molecule has 0 aliphatic heterocycles. The number of aryl methyl sites for hydroxylation is 1. The van der Waals surface area contributed by atoms with Crippen molar-refractivity contribution in [2.75, 3.05) is 13.1 Å². The number of benzene rings is 2. The second-order valence-electron chi connectivity index (χ2n) is 7.10. The molecule has 6 nitrogen and oxygen atoms in total. The standard InChI is InChI=1S/C24H27N5O/c1-18-21(22-5-2-3-6-23(22)28-18)13-16-26-17-20-9-7-19(8-10-20)11-12-24(30)29-27-15-4-14-25/h2-3,5-12,26-28H,4,13,15-17H2,1H3,(H,29,30). The van der Waals surface area contributed by atoms with E-state index in [0.29, 0.717) is 13.0 Å². The summed E-state index contributed by atoms with van der Waals surface area (Å²) in [6.45, 7) is 4.26. The summed E-state index contributed by atoms with van der Waals surface area (Å²) in [7, 11) is 0. The van der Waals surface area contributed by atoms with E-state index in [2.05, 4.69) is 64.5 Å². The number of nitrogens with zero attached hydrogens (tertiary/aromatic N) is 1. The number of H-pyrrole nitrogens is 1. The molecule has 3 rings (SSSR count). The van der Waals surface area contributed by atoms with Crippen LogP contribution in [0.15, 0.2) is 54.6 Å². The van der Waals surface area contributed by atoms with Crippen LogP contribution >= 0.6 is 0 Å². The topological polar surface area (TPSA) is 92.7 Å². The quantitative estimate of drug-likeness (QED) is 0.238. The number of hydrazine groups is 1. The molecule has 0 radical (unpaired) electrons. The fraction of sp³-hybridized carbons (Fsp3) is 0.250. The van der Waals surface area contributed by atoms with Gasteiger partial charge in [0.25, 0.3) is 5.91 Å². The Kier molecular flexibility index (Phi) is 7.78. The van der Waals surface area contributed by atoms with Gasteiger partial charge in [-0.2, -0.15) is 5.26 Å². The highest BCUT2D eigenvalue weighted by Crippen LogP contribution is 2.21. The number of hydrogen-bond acceptors (Lipinski definition) is 4. The SMILES string of the molecule is Cc1[nH]c2ccccc2c1CCNCc1ccc(C=CC(=O)NNCCC#N)cc1. The second kappa shape index (κ2) is 11.0. The van der Waals surface area contributed by atoms with E-state index in [9.17, 15) is 4.79 Å². The average molecular weight is 402 g/mol. The van der Waals surface area contributed by atoms with Crippen molar-refractivity contribution in [3.63, 3.8) is 0 Å². The summed E-state index contributed by atoms with van der Waals surface area (Å²) in [6.07, 6.45) is 4.56. The van der Waals surface area contributed by atoms with Gasteiger partial charge in [-0.3, -0.25) is 10.2 Å². The van der Waals surface area contributed by atoms with Gasteiger partial charge in [-0.15, -0.1) is 0 Å². The van der Waals surface area contributed by atoms with Crippen molar-refractivity contribution in [3.8, 4) is 6.07 Å². The monoisotopic (exact) mass is 401 g/mol. The van der Waals surface area contributed by atoms with Gasteiger partial charge in [0.2, 0.25) is 0 Å². The Labute approximate surface area is 177 Å². The lowest BCUT2D eigenvalue weighted by Crippen LogP contribution is -2.36. The van der Waals surface area contributed by atoms with Gasteiger partial charge >= 0.3 is 0 Å². The van der Waals surface area contributed by atoms with Crippen molar-refractivity contribution >= 4 is 22.9 Å². The molecule has 30 heavy (non-hydrogen) atoms. The molecule has 1 heterocycles. The first-order chi connectivity index (χ1) is 14.7. The first-order valence-electron chi connectivity index (χ1n) is 10.1. The molecule has 0 aliphatic carbocycles. The van der Waals surface area contributed by atoms with Crippen LogP contribution in [-0.4, -0.2) is 24.0 Å². The second-order valence-corrected chi connectivity index (χ2v) is 7.10.